The monoisotopic (exact) mass is 325 g/mol. The van der Waals surface area contributed by atoms with Crippen molar-refractivity contribution in [2.45, 2.75) is 32.9 Å². The lowest BCUT2D eigenvalue weighted by Crippen LogP contribution is -2.13. The first-order valence-corrected chi connectivity index (χ1v) is 8.77. The van der Waals surface area contributed by atoms with Gasteiger partial charge in [-0.05, 0) is 43.5 Å². The molecule has 120 valence electrons. The van der Waals surface area contributed by atoms with Gasteiger partial charge in [0.15, 0.2) is 5.17 Å². The highest BCUT2D eigenvalue weighted by molar-refractivity contribution is 8.13. The molecule has 4 heteroatoms. The minimum absolute atomic E-state index is 0.806. The summed E-state index contributed by atoms with van der Waals surface area (Å²) >= 11 is 1.66. The molecular weight excluding hydrogens is 302 g/mol. The molecule has 0 heterocycles. The van der Waals surface area contributed by atoms with E-state index < -0.39 is 0 Å². The summed E-state index contributed by atoms with van der Waals surface area (Å²) in [6, 6.07) is 16.7. The summed E-state index contributed by atoms with van der Waals surface area (Å²) in [5.41, 5.74) is 7.75. The van der Waals surface area contributed by atoms with Crippen LogP contribution in [0.1, 0.15) is 30.0 Å². The van der Waals surface area contributed by atoms with Gasteiger partial charge in [0.05, 0.1) is 5.69 Å². The Morgan fingerprint density at radius 1 is 1.09 bits per heavy atom. The predicted molar refractivity (Wildman–Crippen MR) is 103 cm³/mol. The van der Waals surface area contributed by atoms with Crippen molar-refractivity contribution >= 4 is 28.8 Å². The SMILES string of the molecule is CC/C=N/NC(=Nc1cccc(C)c1)SCc1ccc(C)cc1. The molecule has 3 nitrogen and oxygen atoms in total. The second kappa shape index (κ2) is 9.16. The number of nitrogens with one attached hydrogen (secondary N) is 1. The van der Waals surface area contributed by atoms with Crippen molar-refractivity contribution in [3.05, 3.63) is 65.2 Å². The van der Waals surface area contributed by atoms with Gasteiger partial charge in [0.25, 0.3) is 0 Å². The number of hydrogen-bond acceptors (Lipinski definition) is 3. The van der Waals surface area contributed by atoms with Crippen LogP contribution < -0.4 is 5.43 Å². The minimum atomic E-state index is 0.806. The zero-order valence-electron chi connectivity index (χ0n) is 13.9. The Morgan fingerprint density at radius 2 is 1.87 bits per heavy atom. The van der Waals surface area contributed by atoms with Gasteiger partial charge in [-0.2, -0.15) is 5.10 Å². The fourth-order valence-corrected chi connectivity index (χ4v) is 2.72. The lowest BCUT2D eigenvalue weighted by atomic mass is 10.2. The Morgan fingerprint density at radius 3 is 2.57 bits per heavy atom. The number of nitrogens with zero attached hydrogens (tertiary/aromatic N) is 2. The van der Waals surface area contributed by atoms with Gasteiger partial charge in [-0.15, -0.1) is 0 Å². The van der Waals surface area contributed by atoms with Crippen LogP contribution >= 0.6 is 11.8 Å². The summed E-state index contributed by atoms with van der Waals surface area (Å²) < 4.78 is 0. The first-order chi connectivity index (χ1) is 11.2. The largest absolute Gasteiger partial charge is 0.256 e. The fraction of sp³-hybridized carbons (Fsp3) is 0.263. The van der Waals surface area contributed by atoms with E-state index >= 15 is 0 Å². The van der Waals surface area contributed by atoms with E-state index in [1.54, 1.807) is 11.8 Å². The van der Waals surface area contributed by atoms with Crippen molar-refractivity contribution in [3.8, 4) is 0 Å². The van der Waals surface area contributed by atoms with E-state index in [2.05, 4.69) is 72.7 Å². The number of hydrogen-bond donors (Lipinski definition) is 1. The molecule has 0 bridgehead atoms. The number of aryl methyl sites for hydroxylation is 2. The van der Waals surface area contributed by atoms with Crippen molar-refractivity contribution < 1.29 is 0 Å². The minimum Gasteiger partial charge on any atom is -0.256 e. The molecule has 0 atom stereocenters. The number of rotatable bonds is 5. The van der Waals surface area contributed by atoms with E-state index in [-0.39, 0.29) is 0 Å². The number of thioether (sulfide) groups is 1. The molecule has 0 unspecified atom stereocenters. The van der Waals surface area contributed by atoms with E-state index in [1.807, 2.05) is 18.3 Å². The maximum atomic E-state index is 4.68. The summed E-state index contributed by atoms with van der Waals surface area (Å²) in [6.45, 7) is 6.23. The quantitative estimate of drug-likeness (QED) is 0.465. The average molecular weight is 325 g/mol. The number of aliphatic imine (C=N–C) groups is 1. The van der Waals surface area contributed by atoms with Crippen molar-refractivity contribution in [1.82, 2.24) is 5.43 Å². The van der Waals surface area contributed by atoms with E-state index in [4.69, 9.17) is 0 Å². The van der Waals surface area contributed by atoms with Crippen LogP contribution in [-0.4, -0.2) is 11.4 Å². The highest BCUT2D eigenvalue weighted by atomic mass is 32.2. The maximum Gasteiger partial charge on any atom is 0.182 e. The second-order valence-corrected chi connectivity index (χ2v) is 6.33. The highest BCUT2D eigenvalue weighted by Crippen LogP contribution is 2.19. The topological polar surface area (TPSA) is 36.8 Å². The molecule has 0 aromatic heterocycles. The first-order valence-electron chi connectivity index (χ1n) is 7.78. The maximum absolute atomic E-state index is 4.68. The van der Waals surface area contributed by atoms with Gasteiger partial charge < -0.3 is 0 Å². The van der Waals surface area contributed by atoms with Crippen LogP contribution in [0.2, 0.25) is 0 Å². The molecule has 0 aliphatic heterocycles. The Bertz CT molecular complexity index is 675. The summed E-state index contributed by atoms with van der Waals surface area (Å²) in [4.78, 5) is 4.68. The highest BCUT2D eigenvalue weighted by Gasteiger charge is 2.02. The molecule has 2 aromatic rings. The predicted octanol–water partition coefficient (Wildman–Crippen LogP) is 5.21. The van der Waals surface area contributed by atoms with Crippen LogP contribution in [0.3, 0.4) is 0 Å². The molecule has 1 N–H and O–H groups in total. The zero-order valence-corrected chi connectivity index (χ0v) is 14.7. The van der Waals surface area contributed by atoms with Crippen LogP contribution in [0, 0.1) is 13.8 Å². The Hall–Kier alpha value is -2.07. The van der Waals surface area contributed by atoms with Gasteiger partial charge >= 0.3 is 0 Å². The second-order valence-electron chi connectivity index (χ2n) is 5.36. The van der Waals surface area contributed by atoms with E-state index in [1.165, 1.54) is 16.7 Å². The molecule has 0 aliphatic rings. The molecule has 0 saturated carbocycles. The average Bonchev–Trinajstić information content (AvgIpc) is 2.54. The van der Waals surface area contributed by atoms with E-state index in [0.717, 1.165) is 23.0 Å². The Labute approximate surface area is 142 Å². The lowest BCUT2D eigenvalue weighted by Gasteiger charge is -2.06. The standard InChI is InChI=1S/C19H23N3S/c1-4-12-20-22-19(21-18-7-5-6-16(3)13-18)23-14-17-10-8-15(2)9-11-17/h5-13H,4,14H2,1-3H3,(H,21,22)/b20-12+. The Balaban J connectivity index is 2.10. The van der Waals surface area contributed by atoms with Crippen molar-refractivity contribution in [2.75, 3.05) is 0 Å². The van der Waals surface area contributed by atoms with Crippen LogP contribution in [-0.2, 0) is 5.75 Å². The van der Waals surface area contributed by atoms with Gasteiger partial charge in [0.1, 0.15) is 0 Å². The van der Waals surface area contributed by atoms with Crippen molar-refractivity contribution in [2.24, 2.45) is 10.1 Å². The molecule has 0 radical (unpaired) electrons. The first kappa shape index (κ1) is 17.3. The van der Waals surface area contributed by atoms with Gasteiger partial charge in [-0.1, -0.05) is 60.6 Å². The molecule has 2 rings (SSSR count). The van der Waals surface area contributed by atoms with Crippen LogP contribution in [0.5, 0.6) is 0 Å². The molecule has 0 aliphatic carbocycles. The summed E-state index contributed by atoms with van der Waals surface area (Å²) in [7, 11) is 0. The molecule has 0 fully saturated rings. The van der Waals surface area contributed by atoms with Crippen molar-refractivity contribution in [1.29, 1.82) is 0 Å². The third-order valence-electron chi connectivity index (χ3n) is 3.16. The molecule has 0 spiro atoms. The van der Waals surface area contributed by atoms with E-state index in [9.17, 15) is 0 Å². The van der Waals surface area contributed by atoms with Gasteiger partial charge in [0, 0.05) is 12.0 Å². The smallest absolute Gasteiger partial charge is 0.182 e. The summed E-state index contributed by atoms with van der Waals surface area (Å²) in [6.07, 6.45) is 2.74. The Kier molecular flexibility index (Phi) is 6.88. The molecule has 0 saturated heterocycles. The van der Waals surface area contributed by atoms with Crippen LogP contribution in [0.4, 0.5) is 5.69 Å². The van der Waals surface area contributed by atoms with Crippen molar-refractivity contribution in [3.63, 3.8) is 0 Å². The number of benzene rings is 2. The summed E-state index contributed by atoms with van der Waals surface area (Å²) in [5.74, 6) is 0.861. The molecule has 23 heavy (non-hydrogen) atoms. The third kappa shape index (κ3) is 6.28. The zero-order chi connectivity index (χ0) is 16.5. The summed E-state index contributed by atoms with van der Waals surface area (Å²) in [5, 5.41) is 5.01. The lowest BCUT2D eigenvalue weighted by molar-refractivity contribution is 1.04. The molecule has 2 aromatic carbocycles. The van der Waals surface area contributed by atoms with Crippen LogP contribution in [0.25, 0.3) is 0 Å². The fourth-order valence-electron chi connectivity index (χ4n) is 1.93. The number of amidine groups is 1. The van der Waals surface area contributed by atoms with Crippen LogP contribution in [0.15, 0.2) is 58.6 Å². The number of hydrazone groups is 1. The normalized spacial score (nSPS) is 11.9. The third-order valence-corrected chi connectivity index (χ3v) is 4.10. The van der Waals surface area contributed by atoms with Gasteiger partial charge in [-0.3, -0.25) is 5.43 Å². The molecule has 0 amide bonds. The van der Waals surface area contributed by atoms with Gasteiger partial charge in [-0.25, -0.2) is 4.99 Å². The van der Waals surface area contributed by atoms with Gasteiger partial charge in [0.2, 0.25) is 0 Å². The van der Waals surface area contributed by atoms with E-state index in [0.29, 0.717) is 0 Å². The molecular formula is C19H23N3S.